The fourth-order valence-electron chi connectivity index (χ4n) is 3.84. The molecule has 0 radical (unpaired) electrons. The lowest BCUT2D eigenvalue weighted by molar-refractivity contribution is 0.494. The Balaban J connectivity index is 1.55. The highest BCUT2D eigenvalue weighted by Crippen LogP contribution is 2.35. The Kier molecular flexibility index (Phi) is 3.47. The van der Waals surface area contributed by atoms with Crippen LogP contribution < -0.4 is 4.74 Å². The zero-order valence-electron chi connectivity index (χ0n) is 15.5. The van der Waals surface area contributed by atoms with Crippen LogP contribution in [0.5, 0.6) is 11.5 Å². The van der Waals surface area contributed by atoms with Crippen LogP contribution in [0.4, 0.5) is 0 Å². The molecule has 0 aliphatic heterocycles. The molecule has 2 heterocycles. The van der Waals surface area contributed by atoms with Crippen molar-refractivity contribution >= 4 is 43.6 Å². The van der Waals surface area contributed by atoms with Crippen molar-refractivity contribution in [2.75, 3.05) is 0 Å². The first-order valence-electron chi connectivity index (χ1n) is 9.60. The van der Waals surface area contributed by atoms with Gasteiger partial charge in [-0.3, -0.25) is 0 Å². The second kappa shape index (κ2) is 6.28. The number of nitrogens with zero attached hydrogens (tertiary/aromatic N) is 2. The van der Waals surface area contributed by atoms with E-state index in [1.54, 1.807) is 0 Å². The second-order valence-corrected chi connectivity index (χ2v) is 7.11. The summed E-state index contributed by atoms with van der Waals surface area (Å²) < 4.78 is 6.42. The van der Waals surface area contributed by atoms with Crippen LogP contribution in [0.15, 0.2) is 97.1 Å². The smallest absolute Gasteiger partial charge is 0.136 e. The van der Waals surface area contributed by atoms with Gasteiger partial charge in [0.25, 0.3) is 0 Å². The third-order valence-electron chi connectivity index (χ3n) is 5.26. The summed E-state index contributed by atoms with van der Waals surface area (Å²) in [4.78, 5) is 9.58. The Morgan fingerprint density at radius 2 is 0.897 bits per heavy atom. The molecule has 0 fully saturated rings. The molecule has 136 valence electrons. The lowest BCUT2D eigenvalue weighted by Gasteiger charge is -2.12. The monoisotopic (exact) mass is 372 g/mol. The maximum Gasteiger partial charge on any atom is 0.136 e. The molecule has 6 rings (SSSR count). The molecule has 29 heavy (non-hydrogen) atoms. The maximum absolute atomic E-state index is 6.42. The van der Waals surface area contributed by atoms with Crippen LogP contribution in [0.1, 0.15) is 0 Å². The van der Waals surface area contributed by atoms with Gasteiger partial charge in [-0.2, -0.15) is 0 Å². The minimum atomic E-state index is 0.793. The molecular weight excluding hydrogens is 356 g/mol. The molecular formula is C26H16N2O. The van der Waals surface area contributed by atoms with Crippen molar-refractivity contribution in [2.45, 2.75) is 0 Å². The fourth-order valence-corrected chi connectivity index (χ4v) is 3.84. The highest BCUT2D eigenvalue weighted by atomic mass is 16.5. The van der Waals surface area contributed by atoms with Crippen LogP contribution >= 0.6 is 0 Å². The van der Waals surface area contributed by atoms with Crippen molar-refractivity contribution in [3.63, 3.8) is 0 Å². The molecule has 0 saturated heterocycles. The average molecular weight is 372 g/mol. The third-order valence-corrected chi connectivity index (χ3v) is 5.26. The summed E-state index contributed by atoms with van der Waals surface area (Å²) in [6.07, 6.45) is 0. The van der Waals surface area contributed by atoms with E-state index in [2.05, 4.69) is 24.3 Å². The highest BCUT2D eigenvalue weighted by molar-refractivity contribution is 5.98. The minimum Gasteiger partial charge on any atom is -0.456 e. The van der Waals surface area contributed by atoms with E-state index in [0.717, 1.165) is 55.1 Å². The van der Waals surface area contributed by atoms with Crippen LogP contribution in [-0.4, -0.2) is 9.97 Å². The molecule has 0 unspecified atom stereocenters. The Bertz CT molecular complexity index is 1420. The number of fused-ring (bicyclic) bond motifs is 4. The lowest BCUT2D eigenvalue weighted by Crippen LogP contribution is -1.91. The molecule has 0 amide bonds. The Morgan fingerprint density at radius 1 is 0.448 bits per heavy atom. The SMILES string of the molecule is c1ccc2nc3cccc(Oc4cccc5nc6ccccc6cc45)c3cc2c1. The van der Waals surface area contributed by atoms with Crippen LogP contribution in [0.25, 0.3) is 43.6 Å². The molecule has 3 nitrogen and oxygen atoms in total. The zero-order valence-corrected chi connectivity index (χ0v) is 15.5. The number of benzene rings is 4. The van der Waals surface area contributed by atoms with Gasteiger partial charge < -0.3 is 4.74 Å². The van der Waals surface area contributed by atoms with Gasteiger partial charge in [-0.25, -0.2) is 9.97 Å². The zero-order chi connectivity index (χ0) is 19.2. The van der Waals surface area contributed by atoms with E-state index in [4.69, 9.17) is 14.7 Å². The van der Waals surface area contributed by atoms with E-state index in [1.807, 2.05) is 72.8 Å². The fraction of sp³-hybridized carbons (Fsp3) is 0. The van der Waals surface area contributed by atoms with Gasteiger partial charge >= 0.3 is 0 Å². The van der Waals surface area contributed by atoms with Gasteiger partial charge in [0, 0.05) is 21.5 Å². The molecule has 0 aliphatic carbocycles. The predicted molar refractivity (Wildman–Crippen MR) is 119 cm³/mol. The number of rotatable bonds is 2. The van der Waals surface area contributed by atoms with Gasteiger partial charge in [0.15, 0.2) is 0 Å². The summed E-state index contributed by atoms with van der Waals surface area (Å²) >= 11 is 0. The van der Waals surface area contributed by atoms with Crippen molar-refractivity contribution in [1.82, 2.24) is 9.97 Å². The van der Waals surface area contributed by atoms with E-state index < -0.39 is 0 Å². The maximum atomic E-state index is 6.42. The third kappa shape index (κ3) is 2.67. The van der Waals surface area contributed by atoms with E-state index >= 15 is 0 Å². The summed E-state index contributed by atoms with van der Waals surface area (Å²) in [5.74, 6) is 1.59. The molecule has 4 aromatic carbocycles. The second-order valence-electron chi connectivity index (χ2n) is 7.11. The summed E-state index contributed by atoms with van der Waals surface area (Å²) in [7, 11) is 0. The number of para-hydroxylation sites is 2. The van der Waals surface area contributed by atoms with Gasteiger partial charge in [0.2, 0.25) is 0 Å². The molecule has 0 atom stereocenters. The number of pyridine rings is 2. The van der Waals surface area contributed by atoms with Gasteiger partial charge in [0.1, 0.15) is 11.5 Å². The standard InChI is InChI=1S/C26H16N2O/c1-3-9-21-17(7-1)15-19-23(27-21)11-5-13-25(19)29-26-14-6-12-24-20(26)16-18-8-2-4-10-22(18)28-24/h1-16H. The van der Waals surface area contributed by atoms with Crippen molar-refractivity contribution < 1.29 is 4.74 Å². The first kappa shape index (κ1) is 16.0. The quantitative estimate of drug-likeness (QED) is 0.311. The van der Waals surface area contributed by atoms with Crippen LogP contribution in [0.3, 0.4) is 0 Å². The Hall–Kier alpha value is -3.98. The number of aromatic nitrogens is 2. The van der Waals surface area contributed by atoms with Crippen molar-refractivity contribution in [1.29, 1.82) is 0 Å². The largest absolute Gasteiger partial charge is 0.456 e. The molecule has 3 heteroatoms. The average Bonchev–Trinajstić information content (AvgIpc) is 2.77. The molecule has 0 aliphatic rings. The molecule has 0 spiro atoms. The lowest BCUT2D eigenvalue weighted by atomic mass is 10.1. The molecule has 0 N–H and O–H groups in total. The van der Waals surface area contributed by atoms with Crippen LogP contribution in [0.2, 0.25) is 0 Å². The normalized spacial score (nSPS) is 11.4. The summed E-state index contributed by atoms with van der Waals surface area (Å²) in [6, 6.07) is 32.6. The molecule has 0 bridgehead atoms. The predicted octanol–water partition coefficient (Wildman–Crippen LogP) is 6.88. The topological polar surface area (TPSA) is 35.0 Å². The van der Waals surface area contributed by atoms with Gasteiger partial charge in [-0.15, -0.1) is 0 Å². The first-order valence-corrected chi connectivity index (χ1v) is 9.60. The molecule has 2 aromatic heterocycles. The summed E-state index contributed by atoms with van der Waals surface area (Å²) in [5, 5.41) is 4.19. The highest BCUT2D eigenvalue weighted by Gasteiger charge is 2.10. The Morgan fingerprint density at radius 3 is 1.41 bits per heavy atom. The number of hydrogen-bond acceptors (Lipinski definition) is 3. The summed E-state index contributed by atoms with van der Waals surface area (Å²) in [6.45, 7) is 0. The van der Waals surface area contributed by atoms with Crippen LogP contribution in [0, 0.1) is 0 Å². The van der Waals surface area contributed by atoms with E-state index in [-0.39, 0.29) is 0 Å². The molecule has 6 aromatic rings. The van der Waals surface area contributed by atoms with E-state index in [0.29, 0.717) is 0 Å². The summed E-state index contributed by atoms with van der Waals surface area (Å²) in [5.41, 5.74) is 3.81. The van der Waals surface area contributed by atoms with Gasteiger partial charge in [-0.1, -0.05) is 48.5 Å². The van der Waals surface area contributed by atoms with Gasteiger partial charge in [0.05, 0.1) is 22.1 Å². The number of ether oxygens (including phenoxy) is 1. The van der Waals surface area contributed by atoms with E-state index in [9.17, 15) is 0 Å². The van der Waals surface area contributed by atoms with Crippen LogP contribution in [-0.2, 0) is 0 Å². The minimum absolute atomic E-state index is 0.793. The van der Waals surface area contributed by atoms with Crippen molar-refractivity contribution in [2.24, 2.45) is 0 Å². The molecule has 0 saturated carbocycles. The number of hydrogen-bond donors (Lipinski definition) is 0. The van der Waals surface area contributed by atoms with Gasteiger partial charge in [-0.05, 0) is 48.5 Å². The van der Waals surface area contributed by atoms with Crippen molar-refractivity contribution in [3.05, 3.63) is 97.1 Å². The van der Waals surface area contributed by atoms with E-state index in [1.165, 1.54) is 0 Å². The Labute approximate surface area is 167 Å². The first-order chi connectivity index (χ1) is 14.3. The van der Waals surface area contributed by atoms with Crippen molar-refractivity contribution in [3.8, 4) is 11.5 Å².